The highest BCUT2D eigenvalue weighted by molar-refractivity contribution is 5.58. The minimum atomic E-state index is 0.612. The van der Waals surface area contributed by atoms with E-state index in [0.717, 1.165) is 24.0 Å². The predicted molar refractivity (Wildman–Crippen MR) is 78.9 cm³/mol. The number of anilines is 1. The normalized spacial score (nSPS) is 29.3. The fraction of sp³-hybridized carbons (Fsp3) is 0.625. The molecule has 104 valence electrons. The quantitative estimate of drug-likeness (QED) is 0.901. The molecule has 0 aliphatic carbocycles. The van der Waals surface area contributed by atoms with Crippen LogP contribution in [0.4, 0.5) is 5.69 Å². The standard InChI is InChI=1S/C16H24N2O/c1-3-19-16-10-12(2)4-5-15(16)17-14-7-9-18-8-6-13(14)11-18/h4-5,10,13-14,17H,3,6-9,11H2,1-2H3. The summed E-state index contributed by atoms with van der Waals surface area (Å²) in [6.45, 7) is 8.68. The Balaban J connectivity index is 1.75. The average Bonchev–Trinajstić information content (AvgIpc) is 2.79. The van der Waals surface area contributed by atoms with Crippen LogP contribution in [0.3, 0.4) is 0 Å². The fourth-order valence-electron chi connectivity index (χ4n) is 3.36. The summed E-state index contributed by atoms with van der Waals surface area (Å²) < 4.78 is 5.77. The Hall–Kier alpha value is -1.22. The minimum Gasteiger partial charge on any atom is -0.492 e. The molecule has 2 fully saturated rings. The van der Waals surface area contributed by atoms with Gasteiger partial charge >= 0.3 is 0 Å². The molecule has 0 amide bonds. The third-order valence-corrected chi connectivity index (χ3v) is 4.41. The summed E-state index contributed by atoms with van der Waals surface area (Å²) in [4.78, 5) is 2.58. The Labute approximate surface area is 115 Å². The van der Waals surface area contributed by atoms with Crippen LogP contribution < -0.4 is 10.1 Å². The van der Waals surface area contributed by atoms with Gasteiger partial charge in [-0.15, -0.1) is 0 Å². The smallest absolute Gasteiger partial charge is 0.142 e. The monoisotopic (exact) mass is 260 g/mol. The van der Waals surface area contributed by atoms with Crippen LogP contribution in [0.1, 0.15) is 25.3 Å². The Bertz CT molecular complexity index is 446. The number of hydrogen-bond acceptors (Lipinski definition) is 3. The molecule has 0 spiro atoms. The van der Waals surface area contributed by atoms with Gasteiger partial charge in [-0.25, -0.2) is 0 Å². The van der Waals surface area contributed by atoms with Crippen LogP contribution in [-0.2, 0) is 0 Å². The lowest BCUT2D eigenvalue weighted by atomic mass is 9.94. The summed E-state index contributed by atoms with van der Waals surface area (Å²) in [5.74, 6) is 1.81. The number of benzene rings is 1. The summed E-state index contributed by atoms with van der Waals surface area (Å²) in [5.41, 5.74) is 2.42. The molecular formula is C16H24N2O. The zero-order valence-corrected chi connectivity index (χ0v) is 12.0. The lowest BCUT2D eigenvalue weighted by Crippen LogP contribution is -2.39. The van der Waals surface area contributed by atoms with Crippen molar-refractivity contribution >= 4 is 5.69 Å². The third kappa shape index (κ3) is 2.71. The second-order valence-corrected chi connectivity index (χ2v) is 5.82. The molecule has 19 heavy (non-hydrogen) atoms. The number of piperidine rings is 1. The van der Waals surface area contributed by atoms with Crippen LogP contribution in [-0.4, -0.2) is 37.2 Å². The van der Waals surface area contributed by atoms with Crippen LogP contribution in [0.2, 0.25) is 0 Å². The number of aryl methyl sites for hydroxylation is 1. The Morgan fingerprint density at radius 3 is 3.00 bits per heavy atom. The molecule has 3 nitrogen and oxygen atoms in total. The predicted octanol–water partition coefficient (Wildman–Crippen LogP) is 2.90. The minimum absolute atomic E-state index is 0.612. The van der Waals surface area contributed by atoms with Gasteiger partial charge in [-0.05, 0) is 56.8 Å². The fourth-order valence-corrected chi connectivity index (χ4v) is 3.36. The maximum Gasteiger partial charge on any atom is 0.142 e. The molecule has 0 radical (unpaired) electrons. The molecule has 1 aromatic carbocycles. The van der Waals surface area contributed by atoms with Crippen molar-refractivity contribution in [1.82, 2.24) is 4.90 Å². The number of nitrogens with zero attached hydrogens (tertiary/aromatic N) is 1. The summed E-state index contributed by atoms with van der Waals surface area (Å²) in [6, 6.07) is 7.08. The van der Waals surface area contributed by atoms with Crippen LogP contribution in [0, 0.1) is 12.8 Å². The molecule has 2 aliphatic heterocycles. The van der Waals surface area contributed by atoms with Crippen molar-refractivity contribution in [2.75, 3.05) is 31.6 Å². The van der Waals surface area contributed by atoms with Gasteiger partial charge in [0, 0.05) is 19.1 Å². The molecule has 3 rings (SSSR count). The van der Waals surface area contributed by atoms with Crippen molar-refractivity contribution in [2.24, 2.45) is 5.92 Å². The van der Waals surface area contributed by atoms with Gasteiger partial charge in [0.1, 0.15) is 5.75 Å². The first-order valence-electron chi connectivity index (χ1n) is 7.48. The van der Waals surface area contributed by atoms with E-state index >= 15 is 0 Å². The van der Waals surface area contributed by atoms with Gasteiger partial charge in [0.2, 0.25) is 0 Å². The molecule has 0 saturated carbocycles. The summed E-state index contributed by atoms with van der Waals surface area (Å²) in [6.07, 6.45) is 2.59. The van der Waals surface area contributed by atoms with E-state index in [1.54, 1.807) is 0 Å². The zero-order chi connectivity index (χ0) is 13.2. The van der Waals surface area contributed by atoms with Crippen molar-refractivity contribution in [2.45, 2.75) is 32.7 Å². The lowest BCUT2D eigenvalue weighted by Gasteiger charge is -2.32. The van der Waals surface area contributed by atoms with Gasteiger partial charge in [-0.2, -0.15) is 0 Å². The van der Waals surface area contributed by atoms with E-state index in [4.69, 9.17) is 4.74 Å². The van der Waals surface area contributed by atoms with Crippen molar-refractivity contribution in [1.29, 1.82) is 0 Å². The molecule has 3 heteroatoms. The van der Waals surface area contributed by atoms with Gasteiger partial charge in [-0.1, -0.05) is 6.07 Å². The van der Waals surface area contributed by atoms with Crippen LogP contribution >= 0.6 is 0 Å². The zero-order valence-electron chi connectivity index (χ0n) is 12.0. The van der Waals surface area contributed by atoms with E-state index in [9.17, 15) is 0 Å². The maximum absolute atomic E-state index is 5.77. The Kier molecular flexibility index (Phi) is 3.65. The summed E-state index contributed by atoms with van der Waals surface area (Å²) >= 11 is 0. The van der Waals surface area contributed by atoms with Crippen molar-refractivity contribution in [3.8, 4) is 5.75 Å². The lowest BCUT2D eigenvalue weighted by molar-refractivity contribution is 0.254. The Morgan fingerprint density at radius 2 is 2.16 bits per heavy atom. The van der Waals surface area contributed by atoms with Gasteiger partial charge < -0.3 is 15.0 Å². The highest BCUT2D eigenvalue weighted by atomic mass is 16.5. The van der Waals surface area contributed by atoms with Gasteiger partial charge in [0.25, 0.3) is 0 Å². The van der Waals surface area contributed by atoms with Crippen LogP contribution in [0.15, 0.2) is 18.2 Å². The SMILES string of the molecule is CCOc1cc(C)ccc1NC1CCN2CCC1C2. The molecule has 2 bridgehead atoms. The topological polar surface area (TPSA) is 24.5 Å². The van der Waals surface area contributed by atoms with Gasteiger partial charge in [0.05, 0.1) is 12.3 Å². The number of nitrogens with one attached hydrogen (secondary N) is 1. The van der Waals surface area contributed by atoms with E-state index < -0.39 is 0 Å². The number of rotatable bonds is 4. The van der Waals surface area contributed by atoms with Crippen molar-refractivity contribution < 1.29 is 4.74 Å². The van der Waals surface area contributed by atoms with E-state index in [2.05, 4.69) is 35.3 Å². The first kappa shape index (κ1) is 12.8. The molecule has 1 aromatic rings. The number of fused-ring (bicyclic) bond motifs is 2. The summed E-state index contributed by atoms with van der Waals surface area (Å²) in [7, 11) is 0. The largest absolute Gasteiger partial charge is 0.492 e. The van der Waals surface area contributed by atoms with Crippen molar-refractivity contribution in [3.05, 3.63) is 23.8 Å². The van der Waals surface area contributed by atoms with Crippen LogP contribution in [0.25, 0.3) is 0 Å². The Morgan fingerprint density at radius 1 is 1.32 bits per heavy atom. The molecule has 2 heterocycles. The second kappa shape index (κ2) is 5.41. The second-order valence-electron chi connectivity index (χ2n) is 5.82. The van der Waals surface area contributed by atoms with Crippen molar-refractivity contribution in [3.63, 3.8) is 0 Å². The first-order valence-corrected chi connectivity index (χ1v) is 7.48. The molecule has 3 atom stereocenters. The first-order chi connectivity index (χ1) is 9.26. The molecule has 1 N–H and O–H groups in total. The molecular weight excluding hydrogens is 236 g/mol. The molecule has 2 saturated heterocycles. The number of hydrogen-bond donors (Lipinski definition) is 1. The van der Waals surface area contributed by atoms with Gasteiger partial charge in [-0.3, -0.25) is 0 Å². The molecule has 2 aliphatic rings. The van der Waals surface area contributed by atoms with E-state index in [-0.39, 0.29) is 0 Å². The van der Waals surface area contributed by atoms with E-state index in [1.165, 1.54) is 38.0 Å². The maximum atomic E-state index is 5.77. The van der Waals surface area contributed by atoms with Gasteiger partial charge in [0.15, 0.2) is 0 Å². The highest BCUT2D eigenvalue weighted by Gasteiger charge is 2.34. The highest BCUT2D eigenvalue weighted by Crippen LogP contribution is 2.33. The third-order valence-electron chi connectivity index (χ3n) is 4.41. The average molecular weight is 260 g/mol. The summed E-state index contributed by atoms with van der Waals surface area (Å²) in [5, 5.41) is 3.74. The van der Waals surface area contributed by atoms with E-state index in [0.29, 0.717) is 6.04 Å². The molecule has 3 unspecified atom stereocenters. The number of ether oxygens (including phenoxy) is 1. The molecule has 0 aromatic heterocycles. The van der Waals surface area contributed by atoms with E-state index in [1.807, 2.05) is 6.92 Å². The van der Waals surface area contributed by atoms with Crippen LogP contribution in [0.5, 0.6) is 5.75 Å².